The van der Waals surface area contributed by atoms with Crippen LogP contribution in [0.3, 0.4) is 0 Å². The third-order valence-electron chi connectivity index (χ3n) is 6.41. The number of nitrogens with zero attached hydrogens (tertiary/aromatic N) is 2. The fourth-order valence-corrected chi connectivity index (χ4v) is 5.55. The number of hydrogen-bond acceptors (Lipinski definition) is 9. The van der Waals surface area contributed by atoms with Gasteiger partial charge in [-0.25, -0.2) is 4.98 Å². The topological polar surface area (TPSA) is 107 Å². The SMILES string of the molecule is CCOc1ccc(C(O)=C2C(=O)C(=O)N(c3nc4ccc(OC)cc4s3)[C@@H]2c2cc(OC)ccc2OC)cc1. The highest BCUT2D eigenvalue weighted by Crippen LogP contribution is 2.47. The highest BCUT2D eigenvalue weighted by molar-refractivity contribution is 7.22. The lowest BCUT2D eigenvalue weighted by Gasteiger charge is -2.25. The molecule has 2 heterocycles. The maximum absolute atomic E-state index is 13.6. The normalized spacial score (nSPS) is 16.5. The number of aliphatic hydroxyl groups excluding tert-OH is 1. The molecule has 39 heavy (non-hydrogen) atoms. The zero-order chi connectivity index (χ0) is 27.7. The van der Waals surface area contributed by atoms with E-state index in [2.05, 4.69) is 4.98 Å². The molecule has 0 aliphatic carbocycles. The maximum atomic E-state index is 13.6. The van der Waals surface area contributed by atoms with Gasteiger partial charge in [-0.3, -0.25) is 14.5 Å². The quantitative estimate of drug-likeness (QED) is 0.179. The van der Waals surface area contributed by atoms with E-state index < -0.39 is 17.7 Å². The molecule has 1 saturated heterocycles. The Kier molecular flexibility index (Phi) is 7.12. The Bertz CT molecular complexity index is 1590. The number of benzene rings is 3. The van der Waals surface area contributed by atoms with Gasteiger partial charge < -0.3 is 24.1 Å². The molecule has 0 bridgehead atoms. The summed E-state index contributed by atoms with van der Waals surface area (Å²) in [4.78, 5) is 33.1. The van der Waals surface area contributed by atoms with Crippen LogP contribution >= 0.6 is 11.3 Å². The van der Waals surface area contributed by atoms with Crippen LogP contribution in [-0.2, 0) is 9.59 Å². The van der Waals surface area contributed by atoms with E-state index in [1.807, 2.05) is 13.0 Å². The van der Waals surface area contributed by atoms with Crippen molar-refractivity contribution < 1.29 is 33.6 Å². The van der Waals surface area contributed by atoms with Gasteiger partial charge in [-0.1, -0.05) is 11.3 Å². The minimum Gasteiger partial charge on any atom is -0.507 e. The summed E-state index contributed by atoms with van der Waals surface area (Å²) in [5, 5.41) is 11.7. The third-order valence-corrected chi connectivity index (χ3v) is 7.42. The molecule has 1 atom stereocenters. The molecule has 4 aromatic rings. The summed E-state index contributed by atoms with van der Waals surface area (Å²) >= 11 is 1.24. The Hall–Kier alpha value is -4.57. The lowest BCUT2D eigenvalue weighted by atomic mass is 9.94. The van der Waals surface area contributed by atoms with Gasteiger partial charge in [-0.2, -0.15) is 0 Å². The van der Waals surface area contributed by atoms with Crippen LogP contribution in [0, 0.1) is 0 Å². The molecule has 9 nitrogen and oxygen atoms in total. The molecule has 0 saturated carbocycles. The number of Topliss-reactive ketones (excluding diaryl/α,β-unsaturated/α-hetero) is 1. The zero-order valence-electron chi connectivity index (χ0n) is 21.8. The molecule has 1 fully saturated rings. The summed E-state index contributed by atoms with van der Waals surface area (Å²) in [5.41, 5.74) is 1.37. The van der Waals surface area contributed by atoms with E-state index in [9.17, 15) is 14.7 Å². The van der Waals surface area contributed by atoms with Crippen LogP contribution in [0.5, 0.6) is 23.0 Å². The summed E-state index contributed by atoms with van der Waals surface area (Å²) in [7, 11) is 4.58. The van der Waals surface area contributed by atoms with Gasteiger partial charge in [0.1, 0.15) is 34.8 Å². The van der Waals surface area contributed by atoms with Crippen LogP contribution < -0.4 is 23.8 Å². The van der Waals surface area contributed by atoms with Gasteiger partial charge in [-0.15, -0.1) is 0 Å². The smallest absolute Gasteiger partial charge is 0.301 e. The van der Waals surface area contributed by atoms with Gasteiger partial charge in [-0.05, 0) is 67.6 Å². The van der Waals surface area contributed by atoms with E-state index in [0.717, 1.165) is 4.70 Å². The summed E-state index contributed by atoms with van der Waals surface area (Å²) in [6.45, 7) is 2.36. The number of anilines is 1. The highest BCUT2D eigenvalue weighted by Gasteiger charge is 2.49. The molecular weight excluding hydrogens is 520 g/mol. The fraction of sp³-hybridized carbons (Fsp3) is 0.207. The number of ketones is 1. The second-order valence-corrected chi connectivity index (χ2v) is 9.57. The predicted molar refractivity (Wildman–Crippen MR) is 148 cm³/mol. The van der Waals surface area contributed by atoms with E-state index in [1.54, 1.807) is 61.7 Å². The minimum absolute atomic E-state index is 0.0902. The number of thiazole rings is 1. The average Bonchev–Trinajstić information content (AvgIpc) is 3.50. The molecule has 200 valence electrons. The Balaban J connectivity index is 1.73. The number of methoxy groups -OCH3 is 3. The number of ether oxygens (including phenoxy) is 4. The molecule has 1 amide bonds. The first-order chi connectivity index (χ1) is 18.9. The number of carbonyl (C=O) groups excluding carboxylic acids is 2. The van der Waals surface area contributed by atoms with Crippen molar-refractivity contribution in [3.8, 4) is 23.0 Å². The molecule has 10 heteroatoms. The van der Waals surface area contributed by atoms with E-state index in [0.29, 0.717) is 51.4 Å². The standard InChI is InChI=1S/C29H26N2O7S/c1-5-38-17-8-6-16(7-9-17)26(32)24-25(20-14-18(35-2)11-13-22(20)37-4)31(28(34)27(24)33)29-30-21-12-10-19(36-3)15-23(21)39-29/h6-15,25,32H,5H2,1-4H3/t25-/m1/s1. The molecule has 0 unspecified atom stereocenters. The Labute approximate surface area is 228 Å². The molecule has 3 aromatic carbocycles. The van der Waals surface area contributed by atoms with Crippen molar-refractivity contribution in [2.75, 3.05) is 32.8 Å². The van der Waals surface area contributed by atoms with E-state index in [4.69, 9.17) is 18.9 Å². The second-order valence-electron chi connectivity index (χ2n) is 8.56. The van der Waals surface area contributed by atoms with Crippen molar-refractivity contribution >= 4 is 44.1 Å². The monoisotopic (exact) mass is 546 g/mol. The molecule has 5 rings (SSSR count). The number of rotatable bonds is 8. The number of aromatic nitrogens is 1. The largest absolute Gasteiger partial charge is 0.507 e. The number of amides is 1. The molecule has 1 aromatic heterocycles. The molecule has 0 radical (unpaired) electrons. The molecule has 1 aliphatic heterocycles. The van der Waals surface area contributed by atoms with Crippen molar-refractivity contribution in [1.29, 1.82) is 0 Å². The number of hydrogen-bond donors (Lipinski definition) is 1. The van der Waals surface area contributed by atoms with Gasteiger partial charge in [0.2, 0.25) is 0 Å². The first-order valence-electron chi connectivity index (χ1n) is 12.1. The third kappa shape index (κ3) is 4.63. The Morgan fingerprint density at radius 3 is 2.26 bits per heavy atom. The Morgan fingerprint density at radius 1 is 0.923 bits per heavy atom. The van der Waals surface area contributed by atoms with Crippen molar-refractivity contribution in [1.82, 2.24) is 4.98 Å². The van der Waals surface area contributed by atoms with Gasteiger partial charge in [0.25, 0.3) is 5.78 Å². The van der Waals surface area contributed by atoms with Gasteiger partial charge >= 0.3 is 5.91 Å². The van der Waals surface area contributed by atoms with Crippen LogP contribution in [0.15, 0.2) is 66.2 Å². The number of aliphatic hydroxyl groups is 1. The second kappa shape index (κ2) is 10.7. The van der Waals surface area contributed by atoms with Crippen LogP contribution in [-0.4, -0.2) is 49.7 Å². The van der Waals surface area contributed by atoms with E-state index in [-0.39, 0.29) is 11.3 Å². The molecule has 1 N–H and O–H groups in total. The fourth-order valence-electron chi connectivity index (χ4n) is 4.53. The van der Waals surface area contributed by atoms with Gasteiger partial charge in [0.15, 0.2) is 5.13 Å². The zero-order valence-corrected chi connectivity index (χ0v) is 22.6. The molecule has 1 aliphatic rings. The van der Waals surface area contributed by atoms with Crippen LogP contribution in [0.25, 0.3) is 16.0 Å². The Morgan fingerprint density at radius 2 is 1.59 bits per heavy atom. The average molecular weight is 547 g/mol. The van der Waals surface area contributed by atoms with Crippen molar-refractivity contribution in [3.63, 3.8) is 0 Å². The van der Waals surface area contributed by atoms with Crippen LogP contribution in [0.1, 0.15) is 24.1 Å². The molecular formula is C29H26N2O7S. The highest BCUT2D eigenvalue weighted by atomic mass is 32.1. The summed E-state index contributed by atoms with van der Waals surface area (Å²) < 4.78 is 22.7. The number of fused-ring (bicyclic) bond motifs is 1. The summed E-state index contributed by atoms with van der Waals surface area (Å²) in [6.07, 6.45) is 0. The lowest BCUT2D eigenvalue weighted by molar-refractivity contribution is -0.132. The van der Waals surface area contributed by atoms with E-state index >= 15 is 0 Å². The first-order valence-corrected chi connectivity index (χ1v) is 12.9. The minimum atomic E-state index is -1.04. The first kappa shape index (κ1) is 26.1. The number of carbonyl (C=O) groups is 2. The lowest BCUT2D eigenvalue weighted by Crippen LogP contribution is -2.29. The van der Waals surface area contributed by atoms with Crippen LogP contribution in [0.2, 0.25) is 0 Å². The van der Waals surface area contributed by atoms with Gasteiger partial charge in [0, 0.05) is 11.1 Å². The van der Waals surface area contributed by atoms with Gasteiger partial charge in [0.05, 0.1) is 43.7 Å². The van der Waals surface area contributed by atoms with Crippen molar-refractivity contribution in [2.24, 2.45) is 0 Å². The van der Waals surface area contributed by atoms with E-state index in [1.165, 1.54) is 30.5 Å². The van der Waals surface area contributed by atoms with Crippen molar-refractivity contribution in [3.05, 3.63) is 77.4 Å². The van der Waals surface area contributed by atoms with Crippen molar-refractivity contribution in [2.45, 2.75) is 13.0 Å². The van der Waals surface area contributed by atoms with Crippen LogP contribution in [0.4, 0.5) is 5.13 Å². The maximum Gasteiger partial charge on any atom is 0.301 e. The predicted octanol–water partition coefficient (Wildman–Crippen LogP) is 5.35. The summed E-state index contributed by atoms with van der Waals surface area (Å²) in [6, 6.07) is 16.1. The molecule has 0 spiro atoms. The summed E-state index contributed by atoms with van der Waals surface area (Å²) in [5.74, 6) is 0.180.